The first kappa shape index (κ1) is 11.9. The van der Waals surface area contributed by atoms with Crippen LogP contribution in [0.5, 0.6) is 5.75 Å². The molecule has 4 heteroatoms. The molecule has 0 saturated carbocycles. The van der Waals surface area contributed by atoms with Gasteiger partial charge in [-0.3, -0.25) is 4.79 Å². The predicted octanol–water partition coefficient (Wildman–Crippen LogP) is 1.26. The zero-order chi connectivity index (χ0) is 12.6. The molecule has 1 aromatic rings. The van der Waals surface area contributed by atoms with E-state index in [2.05, 4.69) is 0 Å². The Hall–Kier alpha value is -1.55. The van der Waals surface area contributed by atoms with Gasteiger partial charge in [-0.25, -0.2) is 0 Å². The van der Waals surface area contributed by atoms with Crippen molar-refractivity contribution in [1.82, 2.24) is 4.90 Å². The number of phenols is 1. The number of nitrogens with two attached hydrogens (primary N) is 1. The van der Waals surface area contributed by atoms with Gasteiger partial charge in [-0.1, -0.05) is 13.0 Å². The fraction of sp³-hybridized carbons (Fsp3) is 0.462. The van der Waals surface area contributed by atoms with Gasteiger partial charge in [0.05, 0.1) is 5.54 Å². The topological polar surface area (TPSA) is 66.6 Å². The van der Waals surface area contributed by atoms with Gasteiger partial charge in [-0.15, -0.1) is 0 Å². The van der Waals surface area contributed by atoms with E-state index in [-0.39, 0.29) is 17.2 Å². The number of carbonyl (C=O) groups is 1. The predicted molar refractivity (Wildman–Crippen MR) is 66.0 cm³/mol. The summed E-state index contributed by atoms with van der Waals surface area (Å²) in [6.45, 7) is 4.97. The number of hydrogen-bond acceptors (Lipinski definition) is 3. The number of rotatable bonds is 2. The summed E-state index contributed by atoms with van der Waals surface area (Å²) < 4.78 is 0. The standard InChI is InChI=1S/C13H18N2O2/c1-3-13(14)7-15(8-13)12(17)10-5-4-6-11(16)9(10)2/h4-6,16H,3,7-8,14H2,1-2H3. The third-order valence-corrected chi connectivity index (χ3v) is 3.54. The Labute approximate surface area is 101 Å². The van der Waals surface area contributed by atoms with Crippen LogP contribution in [0, 0.1) is 6.92 Å². The number of aromatic hydroxyl groups is 1. The average molecular weight is 234 g/mol. The van der Waals surface area contributed by atoms with Crippen molar-refractivity contribution in [1.29, 1.82) is 0 Å². The summed E-state index contributed by atoms with van der Waals surface area (Å²) in [5.74, 6) is 0.110. The molecule has 0 bridgehead atoms. The van der Waals surface area contributed by atoms with Gasteiger partial charge in [0, 0.05) is 24.2 Å². The molecule has 92 valence electrons. The zero-order valence-electron chi connectivity index (χ0n) is 10.2. The summed E-state index contributed by atoms with van der Waals surface area (Å²) in [4.78, 5) is 13.9. The van der Waals surface area contributed by atoms with E-state index in [0.717, 1.165) is 6.42 Å². The Balaban J connectivity index is 2.15. The minimum Gasteiger partial charge on any atom is -0.508 e. The van der Waals surface area contributed by atoms with Crippen LogP contribution in [0.25, 0.3) is 0 Å². The summed E-state index contributed by atoms with van der Waals surface area (Å²) in [6.07, 6.45) is 0.871. The lowest BCUT2D eigenvalue weighted by Gasteiger charge is -2.47. The molecule has 17 heavy (non-hydrogen) atoms. The van der Waals surface area contributed by atoms with Crippen molar-refractivity contribution >= 4 is 5.91 Å². The maximum absolute atomic E-state index is 12.2. The van der Waals surface area contributed by atoms with Gasteiger partial charge in [0.2, 0.25) is 0 Å². The maximum atomic E-state index is 12.2. The Kier molecular flexibility index (Phi) is 2.83. The highest BCUT2D eigenvalue weighted by molar-refractivity contribution is 5.97. The lowest BCUT2D eigenvalue weighted by Crippen LogP contribution is -2.68. The molecule has 0 radical (unpaired) electrons. The Morgan fingerprint density at radius 2 is 2.18 bits per heavy atom. The molecule has 0 aromatic heterocycles. The Bertz CT molecular complexity index is 451. The van der Waals surface area contributed by atoms with Crippen LogP contribution < -0.4 is 5.73 Å². The van der Waals surface area contributed by atoms with E-state index < -0.39 is 0 Å². The highest BCUT2D eigenvalue weighted by Gasteiger charge is 2.40. The van der Waals surface area contributed by atoms with E-state index in [4.69, 9.17) is 5.73 Å². The quantitative estimate of drug-likeness (QED) is 0.809. The SMILES string of the molecule is CCC1(N)CN(C(=O)c2cccc(O)c2C)C1. The van der Waals surface area contributed by atoms with Gasteiger partial charge < -0.3 is 15.7 Å². The van der Waals surface area contributed by atoms with Crippen LogP contribution in [0.15, 0.2) is 18.2 Å². The zero-order valence-corrected chi connectivity index (χ0v) is 10.2. The third-order valence-electron chi connectivity index (χ3n) is 3.54. The van der Waals surface area contributed by atoms with Crippen molar-refractivity contribution in [2.24, 2.45) is 5.73 Å². The first-order chi connectivity index (χ1) is 7.97. The molecule has 1 aromatic carbocycles. The molecule has 2 rings (SSSR count). The fourth-order valence-electron chi connectivity index (χ4n) is 2.11. The van der Waals surface area contributed by atoms with Crippen molar-refractivity contribution < 1.29 is 9.90 Å². The monoisotopic (exact) mass is 234 g/mol. The summed E-state index contributed by atoms with van der Waals surface area (Å²) in [5, 5.41) is 9.57. The van der Waals surface area contributed by atoms with E-state index >= 15 is 0 Å². The summed E-state index contributed by atoms with van der Waals surface area (Å²) in [5.41, 5.74) is 7.00. The van der Waals surface area contributed by atoms with Crippen molar-refractivity contribution in [2.45, 2.75) is 25.8 Å². The average Bonchev–Trinajstić information content (AvgIpc) is 2.28. The number of likely N-dealkylation sites (tertiary alicyclic amines) is 1. The molecule has 3 N–H and O–H groups in total. The Morgan fingerprint density at radius 1 is 1.53 bits per heavy atom. The second-order valence-electron chi connectivity index (χ2n) is 4.83. The van der Waals surface area contributed by atoms with E-state index in [1.165, 1.54) is 0 Å². The van der Waals surface area contributed by atoms with Crippen molar-refractivity contribution in [3.63, 3.8) is 0 Å². The van der Waals surface area contributed by atoms with Gasteiger partial charge in [-0.2, -0.15) is 0 Å². The molecule has 4 nitrogen and oxygen atoms in total. The summed E-state index contributed by atoms with van der Waals surface area (Å²) in [7, 11) is 0. The van der Waals surface area contributed by atoms with Crippen molar-refractivity contribution in [3.8, 4) is 5.75 Å². The minimum absolute atomic E-state index is 0.0482. The van der Waals surface area contributed by atoms with Crippen LogP contribution in [-0.2, 0) is 0 Å². The maximum Gasteiger partial charge on any atom is 0.254 e. The van der Waals surface area contributed by atoms with Gasteiger partial charge >= 0.3 is 0 Å². The van der Waals surface area contributed by atoms with Crippen LogP contribution in [0.2, 0.25) is 0 Å². The highest BCUT2D eigenvalue weighted by atomic mass is 16.3. The third kappa shape index (κ3) is 2.00. The van der Waals surface area contributed by atoms with Crippen LogP contribution in [0.1, 0.15) is 29.3 Å². The molecule has 0 atom stereocenters. The molecular formula is C13H18N2O2. The van der Waals surface area contributed by atoms with Gasteiger partial charge in [0.15, 0.2) is 0 Å². The van der Waals surface area contributed by atoms with Crippen molar-refractivity contribution in [3.05, 3.63) is 29.3 Å². The molecule has 0 unspecified atom stereocenters. The highest BCUT2D eigenvalue weighted by Crippen LogP contribution is 2.26. The van der Waals surface area contributed by atoms with Crippen LogP contribution in [0.3, 0.4) is 0 Å². The fourth-order valence-corrected chi connectivity index (χ4v) is 2.11. The lowest BCUT2D eigenvalue weighted by atomic mass is 9.87. The smallest absolute Gasteiger partial charge is 0.254 e. The molecular weight excluding hydrogens is 216 g/mol. The number of nitrogens with zero attached hydrogens (tertiary/aromatic N) is 1. The second-order valence-corrected chi connectivity index (χ2v) is 4.83. The molecule has 0 spiro atoms. The number of amides is 1. The lowest BCUT2D eigenvalue weighted by molar-refractivity contribution is 0.0400. The number of carbonyl (C=O) groups excluding carboxylic acids is 1. The second kappa shape index (κ2) is 4.04. The van der Waals surface area contributed by atoms with Gasteiger partial charge in [0.25, 0.3) is 5.91 Å². The first-order valence-electron chi connectivity index (χ1n) is 5.83. The summed E-state index contributed by atoms with van der Waals surface area (Å²) in [6, 6.07) is 5.01. The molecule has 1 aliphatic heterocycles. The normalized spacial score (nSPS) is 17.7. The van der Waals surface area contributed by atoms with Crippen LogP contribution >= 0.6 is 0 Å². The van der Waals surface area contributed by atoms with Crippen LogP contribution in [0.4, 0.5) is 0 Å². The van der Waals surface area contributed by atoms with Gasteiger partial charge in [0.1, 0.15) is 5.75 Å². The summed E-state index contributed by atoms with van der Waals surface area (Å²) >= 11 is 0. The van der Waals surface area contributed by atoms with E-state index in [9.17, 15) is 9.90 Å². The number of benzene rings is 1. The number of phenolic OH excluding ortho intramolecular Hbond substituents is 1. The first-order valence-corrected chi connectivity index (χ1v) is 5.83. The van der Waals surface area contributed by atoms with E-state index in [1.54, 1.807) is 30.0 Å². The molecule has 0 aliphatic carbocycles. The largest absolute Gasteiger partial charge is 0.508 e. The van der Waals surface area contributed by atoms with Crippen molar-refractivity contribution in [2.75, 3.05) is 13.1 Å². The van der Waals surface area contributed by atoms with Gasteiger partial charge in [-0.05, 0) is 25.5 Å². The Morgan fingerprint density at radius 3 is 2.76 bits per heavy atom. The molecule has 1 heterocycles. The van der Waals surface area contributed by atoms with E-state index in [0.29, 0.717) is 24.2 Å². The molecule has 1 saturated heterocycles. The molecule has 1 aliphatic rings. The minimum atomic E-state index is -0.222. The molecule has 1 amide bonds. The number of hydrogen-bond donors (Lipinski definition) is 2. The van der Waals surface area contributed by atoms with E-state index in [1.807, 2.05) is 6.92 Å². The van der Waals surface area contributed by atoms with Crippen LogP contribution in [-0.4, -0.2) is 34.5 Å². The molecule has 1 fully saturated rings.